The standard InChI is InChI=1S/C34H66N4O3/c1-4-6-8-10-12-14-16-18-23-32(39)35-26-21-29-38(3,31-37-28-20-25-34(37)41)30-22-27-36-33(40)24-19-17-15-13-11-9-7-5-2/h4-31H2,1-3H3,(H-,35,36,39,40)/p+1. The Morgan fingerprint density at radius 2 is 1.07 bits per heavy atom. The summed E-state index contributed by atoms with van der Waals surface area (Å²) >= 11 is 0. The number of hydrogen-bond donors (Lipinski definition) is 2. The van der Waals surface area contributed by atoms with E-state index in [-0.39, 0.29) is 17.7 Å². The van der Waals surface area contributed by atoms with Crippen LogP contribution < -0.4 is 10.6 Å². The fourth-order valence-corrected chi connectivity index (χ4v) is 5.91. The number of amides is 3. The van der Waals surface area contributed by atoms with Gasteiger partial charge in [-0.2, -0.15) is 0 Å². The van der Waals surface area contributed by atoms with Crippen molar-refractivity contribution in [3.63, 3.8) is 0 Å². The minimum absolute atomic E-state index is 0.166. The van der Waals surface area contributed by atoms with Gasteiger partial charge in [-0.1, -0.05) is 104 Å². The Bertz CT molecular complexity index is 645. The van der Waals surface area contributed by atoms with Gasteiger partial charge in [-0.05, 0) is 19.3 Å². The average Bonchev–Trinajstić information content (AvgIpc) is 3.35. The third-order valence-electron chi connectivity index (χ3n) is 8.59. The summed E-state index contributed by atoms with van der Waals surface area (Å²) in [5.41, 5.74) is 0. The van der Waals surface area contributed by atoms with Gasteiger partial charge < -0.3 is 15.1 Å². The first-order valence-electron chi connectivity index (χ1n) is 17.5. The van der Waals surface area contributed by atoms with E-state index in [0.29, 0.717) is 32.4 Å². The summed E-state index contributed by atoms with van der Waals surface area (Å²) in [7, 11) is 2.22. The predicted molar refractivity (Wildman–Crippen MR) is 171 cm³/mol. The number of nitrogens with one attached hydrogen (secondary N) is 2. The lowest BCUT2D eigenvalue weighted by molar-refractivity contribution is -0.917. The molecular formula is C34H67N4O3+. The van der Waals surface area contributed by atoms with E-state index < -0.39 is 0 Å². The molecule has 1 heterocycles. The third kappa shape index (κ3) is 20.8. The van der Waals surface area contributed by atoms with Crippen LogP contribution in [0.5, 0.6) is 0 Å². The number of hydrogen-bond acceptors (Lipinski definition) is 3. The molecule has 41 heavy (non-hydrogen) atoms. The summed E-state index contributed by atoms with van der Waals surface area (Å²) in [6.45, 7) is 9.25. The number of nitrogens with zero attached hydrogens (tertiary/aromatic N) is 2. The highest BCUT2D eigenvalue weighted by molar-refractivity contribution is 5.78. The zero-order chi connectivity index (χ0) is 30.0. The monoisotopic (exact) mass is 580 g/mol. The van der Waals surface area contributed by atoms with Crippen LogP contribution in [0.2, 0.25) is 0 Å². The summed E-state index contributed by atoms with van der Waals surface area (Å²) in [6.07, 6.45) is 24.5. The Balaban J connectivity index is 2.24. The molecule has 0 aromatic rings. The maximum absolute atomic E-state index is 12.3. The van der Waals surface area contributed by atoms with E-state index >= 15 is 0 Å². The molecule has 2 N–H and O–H groups in total. The quantitative estimate of drug-likeness (QED) is 0.0767. The lowest BCUT2D eigenvalue weighted by Gasteiger charge is -2.38. The van der Waals surface area contributed by atoms with E-state index in [4.69, 9.17) is 0 Å². The Morgan fingerprint density at radius 1 is 0.659 bits per heavy atom. The summed E-state index contributed by atoms with van der Waals surface area (Å²) in [6, 6.07) is 0. The molecule has 1 rings (SSSR count). The largest absolute Gasteiger partial charge is 0.356 e. The van der Waals surface area contributed by atoms with Crippen LogP contribution in [0.15, 0.2) is 0 Å². The second-order valence-electron chi connectivity index (χ2n) is 12.8. The van der Waals surface area contributed by atoms with E-state index in [1.807, 2.05) is 4.90 Å². The van der Waals surface area contributed by atoms with Gasteiger partial charge >= 0.3 is 0 Å². The van der Waals surface area contributed by atoms with Gasteiger partial charge in [-0.3, -0.25) is 19.3 Å². The predicted octanol–water partition coefficient (Wildman–Crippen LogP) is 7.09. The first-order chi connectivity index (χ1) is 19.9. The van der Waals surface area contributed by atoms with Gasteiger partial charge in [0, 0.05) is 51.7 Å². The van der Waals surface area contributed by atoms with E-state index in [9.17, 15) is 14.4 Å². The maximum atomic E-state index is 12.3. The Morgan fingerprint density at radius 3 is 1.46 bits per heavy atom. The van der Waals surface area contributed by atoms with Crippen molar-refractivity contribution >= 4 is 17.7 Å². The molecule has 1 aliphatic rings. The number of carbonyl (C=O) groups excluding carboxylic acids is 3. The lowest BCUT2D eigenvalue weighted by atomic mass is 10.1. The smallest absolute Gasteiger partial charge is 0.226 e. The summed E-state index contributed by atoms with van der Waals surface area (Å²) in [5, 5.41) is 6.23. The number of carbonyl (C=O) groups is 3. The highest BCUT2D eigenvalue weighted by Gasteiger charge is 2.30. The molecule has 1 saturated heterocycles. The zero-order valence-corrected chi connectivity index (χ0v) is 27.4. The van der Waals surface area contributed by atoms with Gasteiger partial charge in [0.1, 0.15) is 0 Å². The van der Waals surface area contributed by atoms with Crippen molar-refractivity contribution in [1.82, 2.24) is 15.5 Å². The highest BCUT2D eigenvalue weighted by Crippen LogP contribution is 2.16. The van der Waals surface area contributed by atoms with Crippen LogP contribution in [0, 0.1) is 0 Å². The Labute approximate surface area is 253 Å². The van der Waals surface area contributed by atoms with E-state index in [1.165, 1.54) is 77.0 Å². The van der Waals surface area contributed by atoms with Gasteiger partial charge in [0.15, 0.2) is 6.67 Å². The van der Waals surface area contributed by atoms with Crippen LogP contribution in [0.3, 0.4) is 0 Å². The van der Waals surface area contributed by atoms with Gasteiger partial charge in [-0.15, -0.1) is 0 Å². The van der Waals surface area contributed by atoms with Crippen LogP contribution >= 0.6 is 0 Å². The van der Waals surface area contributed by atoms with E-state index in [0.717, 1.165) is 75.7 Å². The molecule has 0 spiro atoms. The van der Waals surface area contributed by atoms with Gasteiger partial charge in [0.05, 0.1) is 20.1 Å². The summed E-state index contributed by atoms with van der Waals surface area (Å²) < 4.78 is 0.771. The van der Waals surface area contributed by atoms with Gasteiger partial charge in [0.25, 0.3) is 0 Å². The molecule has 240 valence electrons. The SMILES string of the molecule is CCCCCCCCCCC(=O)NCCC[N+](C)(CCCNC(=O)CCCCCCCCCC)CN1CCCC1=O. The number of quaternary nitrogens is 1. The fourth-order valence-electron chi connectivity index (χ4n) is 5.91. The topological polar surface area (TPSA) is 78.5 Å². The van der Waals surface area contributed by atoms with Crippen molar-refractivity contribution in [3.8, 4) is 0 Å². The molecule has 0 aromatic heterocycles. The second kappa shape index (κ2) is 24.9. The minimum atomic E-state index is 0.166. The van der Waals surface area contributed by atoms with Crippen LogP contribution in [0.25, 0.3) is 0 Å². The van der Waals surface area contributed by atoms with Gasteiger partial charge in [-0.25, -0.2) is 0 Å². The van der Waals surface area contributed by atoms with Crippen LogP contribution in [-0.4, -0.2) is 73.5 Å². The van der Waals surface area contributed by atoms with Gasteiger partial charge in [0.2, 0.25) is 17.7 Å². The molecule has 1 fully saturated rings. The number of rotatable bonds is 28. The third-order valence-corrected chi connectivity index (χ3v) is 8.59. The number of likely N-dealkylation sites (tertiary alicyclic amines) is 1. The molecular weight excluding hydrogens is 512 g/mol. The molecule has 0 bridgehead atoms. The highest BCUT2D eigenvalue weighted by atomic mass is 16.2. The molecule has 7 nitrogen and oxygen atoms in total. The number of unbranched alkanes of at least 4 members (excludes halogenated alkanes) is 14. The Kier molecular flexibility index (Phi) is 22.7. The molecule has 7 heteroatoms. The molecule has 0 radical (unpaired) electrons. The maximum Gasteiger partial charge on any atom is 0.226 e. The average molecular weight is 580 g/mol. The Hall–Kier alpha value is -1.63. The molecule has 0 atom stereocenters. The first kappa shape index (κ1) is 37.4. The van der Waals surface area contributed by atoms with Crippen LogP contribution in [0.1, 0.15) is 155 Å². The lowest BCUT2D eigenvalue weighted by Crippen LogP contribution is -2.53. The normalized spacial score (nSPS) is 13.6. The molecule has 3 amide bonds. The van der Waals surface area contributed by atoms with Crippen molar-refractivity contribution in [3.05, 3.63) is 0 Å². The summed E-state index contributed by atoms with van der Waals surface area (Å²) in [4.78, 5) is 38.9. The van der Waals surface area contributed by atoms with Crippen molar-refractivity contribution in [2.24, 2.45) is 0 Å². The van der Waals surface area contributed by atoms with Crippen LogP contribution in [-0.2, 0) is 14.4 Å². The van der Waals surface area contributed by atoms with Crippen LogP contribution in [0.4, 0.5) is 0 Å². The van der Waals surface area contributed by atoms with E-state index in [2.05, 4.69) is 31.5 Å². The summed E-state index contributed by atoms with van der Waals surface area (Å²) in [5.74, 6) is 0.588. The fraction of sp³-hybridized carbons (Fsp3) is 0.912. The molecule has 1 aliphatic heterocycles. The molecule has 0 aliphatic carbocycles. The molecule has 0 unspecified atom stereocenters. The van der Waals surface area contributed by atoms with Crippen molar-refractivity contribution < 1.29 is 18.9 Å². The van der Waals surface area contributed by atoms with Crippen molar-refractivity contribution in [2.45, 2.75) is 155 Å². The van der Waals surface area contributed by atoms with Crippen molar-refractivity contribution in [2.75, 3.05) is 46.4 Å². The minimum Gasteiger partial charge on any atom is -0.356 e. The molecule has 0 saturated carbocycles. The molecule has 0 aromatic carbocycles. The zero-order valence-electron chi connectivity index (χ0n) is 27.4. The second-order valence-corrected chi connectivity index (χ2v) is 12.8. The van der Waals surface area contributed by atoms with E-state index in [1.54, 1.807) is 0 Å². The van der Waals surface area contributed by atoms with Crippen molar-refractivity contribution in [1.29, 1.82) is 0 Å². The first-order valence-corrected chi connectivity index (χ1v) is 17.5.